The van der Waals surface area contributed by atoms with E-state index < -0.39 is 11.7 Å². The molecule has 3 aromatic heterocycles. The molecule has 0 saturated heterocycles. The molecule has 3 heterocycles. The van der Waals surface area contributed by atoms with Crippen LogP contribution in [0.4, 0.5) is 24.1 Å². The summed E-state index contributed by atoms with van der Waals surface area (Å²) in [5.41, 5.74) is -0.364. The highest BCUT2D eigenvalue weighted by atomic mass is 32.1. The molecule has 0 aliphatic heterocycles. The van der Waals surface area contributed by atoms with Crippen LogP contribution in [-0.4, -0.2) is 25.4 Å². The molecule has 6 nitrogen and oxygen atoms in total. The van der Waals surface area contributed by atoms with E-state index in [0.717, 1.165) is 36.0 Å². The molecule has 3 aromatic rings. The lowest BCUT2D eigenvalue weighted by Crippen LogP contribution is -2.10. The lowest BCUT2D eigenvalue weighted by atomic mass is 10.1. The number of ether oxygens (including phenoxy) is 1. The molecule has 0 spiro atoms. The van der Waals surface area contributed by atoms with Crippen molar-refractivity contribution in [3.05, 3.63) is 41.7 Å². The number of alkyl halides is 3. The Bertz CT molecular complexity index is 971. The quantitative estimate of drug-likeness (QED) is 0.683. The smallest absolute Gasteiger partial charge is 0.418 e. The topological polar surface area (TPSA) is 72.8 Å². The van der Waals surface area contributed by atoms with Crippen molar-refractivity contribution in [2.24, 2.45) is 0 Å². The molecular formula is C17H14F3N5OS. The van der Waals surface area contributed by atoms with Crippen LogP contribution in [-0.2, 0) is 6.18 Å². The first-order valence-electron chi connectivity index (χ1n) is 8.17. The van der Waals surface area contributed by atoms with Gasteiger partial charge in [-0.2, -0.15) is 22.5 Å². The fourth-order valence-corrected chi connectivity index (χ4v) is 2.94. The molecule has 27 heavy (non-hydrogen) atoms. The van der Waals surface area contributed by atoms with Crippen LogP contribution in [0.15, 0.2) is 30.6 Å². The van der Waals surface area contributed by atoms with E-state index in [9.17, 15) is 13.2 Å². The number of aryl methyl sites for hydroxylation is 1. The van der Waals surface area contributed by atoms with Crippen LogP contribution in [0, 0.1) is 6.92 Å². The fraction of sp³-hybridized carbons (Fsp3) is 0.294. The van der Waals surface area contributed by atoms with Gasteiger partial charge in [0, 0.05) is 17.7 Å². The molecule has 0 unspecified atom stereocenters. The van der Waals surface area contributed by atoms with Gasteiger partial charge in [-0.3, -0.25) is 0 Å². The second kappa shape index (κ2) is 6.76. The van der Waals surface area contributed by atoms with Gasteiger partial charge < -0.3 is 10.1 Å². The standard InChI is InChI=1S/C17H14F3N5OS/c1-9-3-2-6-21-14(9)23-16-24-15(25-27-16)13-12(17(18,19)20)7-11(8-22-13)26-10-4-5-10/h2-3,6-8,10H,4-5H2,1H3,(H,21,23,24,25). The highest BCUT2D eigenvalue weighted by Crippen LogP contribution is 2.38. The molecule has 0 aromatic carbocycles. The van der Waals surface area contributed by atoms with Gasteiger partial charge in [-0.25, -0.2) is 9.97 Å². The van der Waals surface area contributed by atoms with Crippen LogP contribution >= 0.6 is 11.5 Å². The third kappa shape index (κ3) is 4.00. The summed E-state index contributed by atoms with van der Waals surface area (Å²) in [5, 5.41) is 3.30. The van der Waals surface area contributed by atoms with Crippen LogP contribution in [0.2, 0.25) is 0 Å². The molecule has 4 rings (SSSR count). The summed E-state index contributed by atoms with van der Waals surface area (Å²) in [6.07, 6.45) is -0.0355. The zero-order chi connectivity index (χ0) is 19.0. The molecule has 1 aliphatic carbocycles. The Balaban J connectivity index is 1.64. The molecule has 1 aliphatic rings. The summed E-state index contributed by atoms with van der Waals surface area (Å²) >= 11 is 0.941. The SMILES string of the molecule is Cc1cccnc1Nc1nc(-c2ncc(OC3CC3)cc2C(F)(F)F)ns1. The van der Waals surface area contributed by atoms with Gasteiger partial charge in [0.25, 0.3) is 0 Å². The first-order valence-corrected chi connectivity index (χ1v) is 8.94. The second-order valence-corrected chi connectivity index (χ2v) is 6.85. The van der Waals surface area contributed by atoms with Crippen LogP contribution in [0.1, 0.15) is 24.0 Å². The Hall–Kier alpha value is -2.75. The third-order valence-corrected chi connectivity index (χ3v) is 4.50. The molecular weight excluding hydrogens is 379 g/mol. The first-order chi connectivity index (χ1) is 12.9. The average molecular weight is 393 g/mol. The zero-order valence-electron chi connectivity index (χ0n) is 14.1. The summed E-state index contributed by atoms with van der Waals surface area (Å²) in [6.45, 7) is 1.86. The second-order valence-electron chi connectivity index (χ2n) is 6.10. The van der Waals surface area contributed by atoms with Crippen molar-refractivity contribution in [3.63, 3.8) is 0 Å². The monoisotopic (exact) mass is 393 g/mol. The molecule has 0 atom stereocenters. The number of aromatic nitrogens is 4. The minimum atomic E-state index is -4.60. The van der Waals surface area contributed by atoms with Crippen molar-refractivity contribution in [2.45, 2.75) is 32.0 Å². The summed E-state index contributed by atoms with van der Waals surface area (Å²) in [4.78, 5) is 12.2. The fourth-order valence-electron chi connectivity index (χ4n) is 2.37. The van der Waals surface area contributed by atoms with Crippen molar-refractivity contribution in [1.29, 1.82) is 0 Å². The Morgan fingerprint density at radius 1 is 1.26 bits per heavy atom. The molecule has 1 N–H and O–H groups in total. The highest BCUT2D eigenvalue weighted by molar-refractivity contribution is 7.09. The average Bonchev–Trinajstić information content (AvgIpc) is 3.31. The predicted molar refractivity (Wildman–Crippen MR) is 94.0 cm³/mol. The Morgan fingerprint density at radius 3 is 2.78 bits per heavy atom. The maximum Gasteiger partial charge on any atom is 0.418 e. The molecule has 1 saturated carbocycles. The van der Waals surface area contributed by atoms with Crippen LogP contribution < -0.4 is 10.1 Å². The Labute approximate surface area is 156 Å². The number of pyridine rings is 2. The van der Waals surface area contributed by atoms with E-state index in [2.05, 4.69) is 24.6 Å². The van der Waals surface area contributed by atoms with E-state index in [1.165, 1.54) is 6.20 Å². The molecule has 140 valence electrons. The zero-order valence-corrected chi connectivity index (χ0v) is 14.9. The van der Waals surface area contributed by atoms with E-state index in [4.69, 9.17) is 4.74 Å². The van der Waals surface area contributed by atoms with E-state index in [0.29, 0.717) is 10.9 Å². The summed E-state index contributed by atoms with van der Waals surface area (Å²) in [7, 11) is 0. The number of anilines is 2. The maximum absolute atomic E-state index is 13.5. The minimum Gasteiger partial charge on any atom is -0.489 e. The van der Waals surface area contributed by atoms with E-state index in [1.807, 2.05) is 13.0 Å². The van der Waals surface area contributed by atoms with E-state index >= 15 is 0 Å². The van der Waals surface area contributed by atoms with Crippen LogP contribution in [0.3, 0.4) is 0 Å². The summed E-state index contributed by atoms with van der Waals surface area (Å²) in [5.74, 6) is 0.574. The molecule has 1 fully saturated rings. The first kappa shape index (κ1) is 17.7. The molecule has 0 radical (unpaired) electrons. The van der Waals surface area contributed by atoms with E-state index in [1.54, 1.807) is 12.3 Å². The number of hydrogen-bond acceptors (Lipinski definition) is 7. The number of halogens is 3. The lowest BCUT2D eigenvalue weighted by molar-refractivity contribution is -0.137. The largest absolute Gasteiger partial charge is 0.489 e. The van der Waals surface area contributed by atoms with Gasteiger partial charge in [-0.15, -0.1) is 0 Å². The number of nitrogens with zero attached hydrogens (tertiary/aromatic N) is 4. The maximum atomic E-state index is 13.5. The van der Waals surface area contributed by atoms with Crippen molar-refractivity contribution in [2.75, 3.05) is 5.32 Å². The number of rotatable bonds is 5. The van der Waals surface area contributed by atoms with Crippen LogP contribution in [0.5, 0.6) is 5.75 Å². The third-order valence-electron chi connectivity index (χ3n) is 3.87. The van der Waals surface area contributed by atoms with Gasteiger partial charge in [0.05, 0.1) is 17.9 Å². The highest BCUT2D eigenvalue weighted by Gasteiger charge is 2.37. The molecule has 0 bridgehead atoms. The predicted octanol–water partition coefficient (Wildman–Crippen LogP) is 4.61. The van der Waals surface area contributed by atoms with Gasteiger partial charge in [0.1, 0.15) is 17.3 Å². The summed E-state index contributed by atoms with van der Waals surface area (Å²) < 4.78 is 50.0. The van der Waals surface area contributed by atoms with Crippen LogP contribution in [0.25, 0.3) is 11.5 Å². The minimum absolute atomic E-state index is 0.0199. The van der Waals surface area contributed by atoms with Gasteiger partial charge in [0.2, 0.25) is 5.13 Å². The summed E-state index contributed by atoms with van der Waals surface area (Å²) in [6, 6.07) is 4.60. The van der Waals surface area contributed by atoms with Crippen molar-refractivity contribution in [3.8, 4) is 17.3 Å². The van der Waals surface area contributed by atoms with Gasteiger partial charge in [-0.05, 0) is 37.5 Å². The normalized spacial score (nSPS) is 14.2. The van der Waals surface area contributed by atoms with Crippen molar-refractivity contribution in [1.82, 2.24) is 19.3 Å². The van der Waals surface area contributed by atoms with Crippen molar-refractivity contribution >= 4 is 22.5 Å². The molecule has 0 amide bonds. The molecule has 10 heteroatoms. The van der Waals surface area contributed by atoms with Gasteiger partial charge >= 0.3 is 6.18 Å². The van der Waals surface area contributed by atoms with Crippen molar-refractivity contribution < 1.29 is 17.9 Å². The number of hydrogen-bond donors (Lipinski definition) is 1. The van der Waals surface area contributed by atoms with Gasteiger partial charge in [-0.1, -0.05) is 6.07 Å². The Morgan fingerprint density at radius 2 is 2.07 bits per heavy atom. The lowest BCUT2D eigenvalue weighted by Gasteiger charge is -2.12. The number of nitrogens with one attached hydrogen (secondary N) is 1. The van der Waals surface area contributed by atoms with Gasteiger partial charge in [0.15, 0.2) is 5.82 Å². The Kier molecular flexibility index (Phi) is 4.42. The van der Waals surface area contributed by atoms with E-state index in [-0.39, 0.29) is 23.4 Å².